The molecule has 0 unspecified atom stereocenters. The quantitative estimate of drug-likeness (QED) is 0.455. The summed E-state index contributed by atoms with van der Waals surface area (Å²) in [4.78, 5) is 16.5. The van der Waals surface area contributed by atoms with Crippen LogP contribution in [0.15, 0.2) is 51.7 Å². The van der Waals surface area contributed by atoms with Crippen molar-refractivity contribution in [1.82, 2.24) is 15.2 Å². The summed E-state index contributed by atoms with van der Waals surface area (Å²) in [5.41, 5.74) is 2.79. The summed E-state index contributed by atoms with van der Waals surface area (Å²) >= 11 is 0. The molecule has 0 atom stereocenters. The maximum atomic E-state index is 12.0. The minimum Gasteiger partial charge on any atom is -0.438 e. The minimum atomic E-state index is -0.135. The van der Waals surface area contributed by atoms with Crippen molar-refractivity contribution in [1.29, 1.82) is 0 Å². The topological polar surface area (TPSA) is 74.7 Å². The van der Waals surface area contributed by atoms with Crippen molar-refractivity contribution >= 4 is 43.9 Å². The molecule has 0 aliphatic rings. The monoisotopic (exact) mass is 275 g/mol. The average molecular weight is 275 g/mol. The van der Waals surface area contributed by atoms with Gasteiger partial charge >= 0.3 is 0 Å². The molecule has 100 valence electrons. The molecule has 0 spiro atoms. The molecular formula is C16H9N3O2. The minimum absolute atomic E-state index is 0.135. The van der Waals surface area contributed by atoms with Gasteiger partial charge in [-0.25, -0.2) is 4.98 Å². The number of hydrogen-bond acceptors (Lipinski definition) is 3. The molecule has 0 aliphatic heterocycles. The van der Waals surface area contributed by atoms with Crippen LogP contribution in [0, 0.1) is 0 Å². The lowest BCUT2D eigenvalue weighted by Crippen LogP contribution is -1.98. The SMILES string of the molecule is O=c1[nH][nH]c2ccc3nc4oc5ccccc5c4cc3c12. The van der Waals surface area contributed by atoms with Gasteiger partial charge in [-0.05, 0) is 24.3 Å². The van der Waals surface area contributed by atoms with E-state index in [0.29, 0.717) is 11.1 Å². The third-order valence-electron chi connectivity index (χ3n) is 3.89. The number of aromatic amines is 2. The molecule has 5 nitrogen and oxygen atoms in total. The van der Waals surface area contributed by atoms with Gasteiger partial charge in [0.2, 0.25) is 5.71 Å². The number of H-pyrrole nitrogens is 2. The first-order valence-corrected chi connectivity index (χ1v) is 6.62. The molecule has 21 heavy (non-hydrogen) atoms. The molecule has 2 N–H and O–H groups in total. The van der Waals surface area contributed by atoms with Crippen molar-refractivity contribution in [2.45, 2.75) is 0 Å². The Kier molecular flexibility index (Phi) is 1.79. The van der Waals surface area contributed by atoms with Gasteiger partial charge in [-0.2, -0.15) is 0 Å². The van der Waals surface area contributed by atoms with Crippen LogP contribution in [0.3, 0.4) is 0 Å². The summed E-state index contributed by atoms with van der Waals surface area (Å²) in [5, 5.41) is 8.87. The van der Waals surface area contributed by atoms with Crippen LogP contribution in [0.1, 0.15) is 0 Å². The number of aromatic nitrogens is 3. The van der Waals surface area contributed by atoms with Crippen molar-refractivity contribution in [2.75, 3.05) is 0 Å². The summed E-state index contributed by atoms with van der Waals surface area (Å²) in [5.74, 6) is 0. The summed E-state index contributed by atoms with van der Waals surface area (Å²) in [7, 11) is 0. The fourth-order valence-corrected chi connectivity index (χ4v) is 2.92. The normalized spacial score (nSPS) is 12.0. The van der Waals surface area contributed by atoms with Crippen molar-refractivity contribution in [3.05, 3.63) is 52.8 Å². The van der Waals surface area contributed by atoms with E-state index in [2.05, 4.69) is 15.2 Å². The summed E-state index contributed by atoms with van der Waals surface area (Å²) in [6.07, 6.45) is 0. The second-order valence-corrected chi connectivity index (χ2v) is 5.07. The standard InChI is InChI=1S/C16H9N3O2/c20-15-14-10-7-9-8-3-1-2-4-13(8)21-16(9)17-11(10)5-6-12(14)18-19-15/h1-7H,(H2,18,19,20). The molecule has 3 aromatic heterocycles. The van der Waals surface area contributed by atoms with Gasteiger partial charge in [0.25, 0.3) is 5.56 Å². The maximum absolute atomic E-state index is 12.0. The summed E-state index contributed by atoms with van der Waals surface area (Å²) in [6.45, 7) is 0. The number of nitrogens with zero attached hydrogens (tertiary/aromatic N) is 1. The highest BCUT2D eigenvalue weighted by Crippen LogP contribution is 2.31. The van der Waals surface area contributed by atoms with Crippen LogP contribution in [0.2, 0.25) is 0 Å². The number of benzene rings is 2. The number of para-hydroxylation sites is 1. The van der Waals surface area contributed by atoms with E-state index in [4.69, 9.17) is 4.42 Å². The second kappa shape index (κ2) is 3.52. The molecule has 3 heterocycles. The lowest BCUT2D eigenvalue weighted by Gasteiger charge is -1.98. The number of hydrogen-bond donors (Lipinski definition) is 2. The van der Waals surface area contributed by atoms with Crippen molar-refractivity contribution in [3.8, 4) is 0 Å². The van der Waals surface area contributed by atoms with Crippen LogP contribution < -0.4 is 5.56 Å². The van der Waals surface area contributed by atoms with Crippen LogP contribution >= 0.6 is 0 Å². The van der Waals surface area contributed by atoms with Gasteiger partial charge in [-0.3, -0.25) is 15.0 Å². The molecule has 5 aromatic rings. The van der Waals surface area contributed by atoms with Gasteiger partial charge in [-0.15, -0.1) is 0 Å². The first kappa shape index (κ1) is 10.7. The summed E-state index contributed by atoms with van der Waals surface area (Å²) < 4.78 is 5.78. The number of pyridine rings is 1. The lowest BCUT2D eigenvalue weighted by molar-refractivity contribution is 0.656. The Hall–Kier alpha value is -3.08. The van der Waals surface area contributed by atoms with E-state index < -0.39 is 0 Å². The summed E-state index contributed by atoms with van der Waals surface area (Å²) in [6, 6.07) is 13.5. The molecule has 5 rings (SSSR count). The van der Waals surface area contributed by atoms with E-state index in [1.54, 1.807) is 0 Å². The van der Waals surface area contributed by atoms with E-state index in [-0.39, 0.29) is 5.56 Å². The Bertz CT molecular complexity index is 1210. The Morgan fingerprint density at radius 2 is 1.86 bits per heavy atom. The molecular weight excluding hydrogens is 266 g/mol. The predicted molar refractivity (Wildman–Crippen MR) is 81.5 cm³/mol. The van der Waals surface area contributed by atoms with Crippen molar-refractivity contribution in [3.63, 3.8) is 0 Å². The third-order valence-corrected chi connectivity index (χ3v) is 3.89. The molecule has 0 saturated carbocycles. The Balaban J connectivity index is 2.10. The Morgan fingerprint density at radius 3 is 2.81 bits per heavy atom. The van der Waals surface area contributed by atoms with Crippen LogP contribution in [0.25, 0.3) is 43.9 Å². The van der Waals surface area contributed by atoms with E-state index in [1.807, 2.05) is 42.5 Å². The number of furan rings is 1. The Labute approximate surface area is 117 Å². The number of fused-ring (bicyclic) bond motifs is 6. The number of rotatable bonds is 0. The number of nitrogens with one attached hydrogen (secondary N) is 2. The van der Waals surface area contributed by atoms with Crippen molar-refractivity contribution in [2.24, 2.45) is 0 Å². The zero-order valence-corrected chi connectivity index (χ0v) is 10.8. The molecule has 0 aliphatic carbocycles. The van der Waals surface area contributed by atoms with Crippen LogP contribution in [-0.4, -0.2) is 15.2 Å². The second-order valence-electron chi connectivity index (χ2n) is 5.07. The van der Waals surface area contributed by atoms with E-state index in [0.717, 1.165) is 32.8 Å². The zero-order chi connectivity index (χ0) is 14.0. The van der Waals surface area contributed by atoms with E-state index in [1.165, 1.54) is 0 Å². The van der Waals surface area contributed by atoms with Gasteiger partial charge in [0.1, 0.15) is 5.58 Å². The highest BCUT2D eigenvalue weighted by atomic mass is 16.3. The molecule has 0 saturated heterocycles. The van der Waals surface area contributed by atoms with Crippen molar-refractivity contribution < 1.29 is 4.42 Å². The van der Waals surface area contributed by atoms with E-state index >= 15 is 0 Å². The molecule has 0 radical (unpaired) electrons. The fraction of sp³-hybridized carbons (Fsp3) is 0. The van der Waals surface area contributed by atoms with Gasteiger partial charge in [0.05, 0.1) is 16.4 Å². The van der Waals surface area contributed by atoms with Gasteiger partial charge in [0, 0.05) is 16.2 Å². The first-order chi connectivity index (χ1) is 10.3. The molecule has 0 bridgehead atoms. The largest absolute Gasteiger partial charge is 0.438 e. The Morgan fingerprint density at radius 1 is 0.952 bits per heavy atom. The smallest absolute Gasteiger partial charge is 0.272 e. The lowest BCUT2D eigenvalue weighted by atomic mass is 10.1. The highest BCUT2D eigenvalue weighted by molar-refractivity contribution is 6.13. The zero-order valence-electron chi connectivity index (χ0n) is 10.8. The average Bonchev–Trinajstić information content (AvgIpc) is 3.06. The van der Waals surface area contributed by atoms with Gasteiger partial charge in [0.15, 0.2) is 0 Å². The van der Waals surface area contributed by atoms with Crippen LogP contribution in [-0.2, 0) is 0 Å². The highest BCUT2D eigenvalue weighted by Gasteiger charge is 2.12. The maximum Gasteiger partial charge on any atom is 0.272 e. The van der Waals surface area contributed by atoms with Gasteiger partial charge in [-0.1, -0.05) is 18.2 Å². The fourth-order valence-electron chi connectivity index (χ4n) is 2.92. The molecule has 0 fully saturated rings. The first-order valence-electron chi connectivity index (χ1n) is 6.62. The molecule has 5 heteroatoms. The third kappa shape index (κ3) is 1.30. The van der Waals surface area contributed by atoms with Crippen LogP contribution in [0.5, 0.6) is 0 Å². The van der Waals surface area contributed by atoms with E-state index in [9.17, 15) is 4.79 Å². The molecule has 0 amide bonds. The predicted octanol–water partition coefficient (Wildman–Crippen LogP) is 3.30. The van der Waals surface area contributed by atoms with Gasteiger partial charge < -0.3 is 4.42 Å². The van der Waals surface area contributed by atoms with Crippen LogP contribution in [0.4, 0.5) is 0 Å². The molecule has 2 aromatic carbocycles.